The van der Waals surface area contributed by atoms with Crippen molar-refractivity contribution in [3.63, 3.8) is 0 Å². The first-order valence-electron chi connectivity index (χ1n) is 7.41. The Bertz CT molecular complexity index is 279. The molecule has 0 aromatic carbocycles. The molecule has 0 aromatic heterocycles. The maximum absolute atomic E-state index is 5.89. The summed E-state index contributed by atoms with van der Waals surface area (Å²) in [5.41, 5.74) is 0. The van der Waals surface area contributed by atoms with E-state index in [1.807, 2.05) is 13.8 Å². The van der Waals surface area contributed by atoms with E-state index in [0.717, 1.165) is 12.8 Å². The zero-order valence-corrected chi connectivity index (χ0v) is 18.5. The van der Waals surface area contributed by atoms with Crippen LogP contribution in [0.1, 0.15) is 26.7 Å². The molecule has 0 heterocycles. The molecule has 0 aliphatic carbocycles. The largest absolute Gasteiger partial charge is 0.673 e. The molecule has 0 N–H and O–H groups in total. The molecule has 0 aliphatic heterocycles. The topological polar surface area (TPSA) is 64.6 Å². The fraction of sp³-hybridized carbons (Fsp3) is 1.00. The Morgan fingerprint density at radius 2 is 1.00 bits per heavy atom. The maximum Gasteiger partial charge on any atom is 0.673 e. The molecular weight excluding hydrogens is 376 g/mol. The molecule has 0 saturated carbocycles. The van der Waals surface area contributed by atoms with Gasteiger partial charge in [0.1, 0.15) is 0 Å². The fourth-order valence-corrected chi connectivity index (χ4v) is 6.49. The van der Waals surface area contributed by atoms with E-state index < -0.39 is 18.1 Å². The van der Waals surface area contributed by atoms with Crippen LogP contribution in [0.3, 0.4) is 0 Å². The van der Waals surface area contributed by atoms with Gasteiger partial charge in [-0.15, -0.1) is 0 Å². The van der Waals surface area contributed by atoms with Gasteiger partial charge in [0.25, 0.3) is 0 Å². The predicted molar refractivity (Wildman–Crippen MR) is 98.7 cm³/mol. The molecule has 2 atom stereocenters. The summed E-state index contributed by atoms with van der Waals surface area (Å²) in [6, 6.07) is 0. The number of hydrogen-bond donors (Lipinski definition) is 2. The highest BCUT2D eigenvalue weighted by molar-refractivity contribution is 7.81. The second-order valence-electron chi connectivity index (χ2n) is 4.66. The zero-order chi connectivity index (χ0) is 17.9. The molecule has 11 heteroatoms. The van der Waals surface area contributed by atoms with Gasteiger partial charge in [-0.2, -0.15) is 25.3 Å². The van der Waals surface area contributed by atoms with E-state index in [4.69, 9.17) is 30.7 Å². The molecule has 140 valence electrons. The quantitative estimate of drug-likeness (QED) is 0.337. The minimum Gasteiger partial charge on any atom is -0.355 e. The third kappa shape index (κ3) is 8.18. The molecule has 7 nitrogen and oxygen atoms in total. The lowest BCUT2D eigenvalue weighted by Gasteiger charge is -2.33. The van der Waals surface area contributed by atoms with E-state index in [-0.39, 0.29) is 10.5 Å². The van der Waals surface area contributed by atoms with Crippen molar-refractivity contribution in [2.75, 3.05) is 41.7 Å². The minimum atomic E-state index is -3.47. The van der Waals surface area contributed by atoms with Gasteiger partial charge in [-0.05, 0) is 12.8 Å². The van der Waals surface area contributed by atoms with Gasteiger partial charge < -0.3 is 30.7 Å². The van der Waals surface area contributed by atoms with Crippen molar-refractivity contribution < 1.29 is 30.7 Å². The van der Waals surface area contributed by atoms with E-state index in [9.17, 15) is 0 Å². The predicted octanol–water partition coefficient (Wildman–Crippen LogP) is 1.91. The summed E-state index contributed by atoms with van der Waals surface area (Å²) in [4.78, 5) is 0. The zero-order valence-electron chi connectivity index (χ0n) is 14.7. The van der Waals surface area contributed by atoms with E-state index in [1.54, 1.807) is 0 Å². The van der Waals surface area contributed by atoms with Gasteiger partial charge in [0.15, 0.2) is 0 Å². The summed E-state index contributed by atoms with van der Waals surface area (Å²) >= 11 is 8.79. The van der Waals surface area contributed by atoms with E-state index in [2.05, 4.69) is 25.3 Å². The second kappa shape index (κ2) is 12.2. The first-order valence-corrected chi connectivity index (χ1v) is 11.7. The average Bonchev–Trinajstić information content (AvgIpc) is 2.61. The van der Waals surface area contributed by atoms with Crippen molar-refractivity contribution in [2.24, 2.45) is 0 Å². The van der Waals surface area contributed by atoms with Crippen molar-refractivity contribution in [2.45, 2.75) is 37.2 Å². The Morgan fingerprint density at radius 1 is 0.696 bits per heavy atom. The van der Waals surface area contributed by atoms with E-state index >= 15 is 0 Å². The first-order chi connectivity index (χ1) is 10.9. The van der Waals surface area contributed by atoms with E-state index in [1.165, 1.54) is 28.4 Å². The fourth-order valence-electron chi connectivity index (χ4n) is 1.41. The van der Waals surface area contributed by atoms with Gasteiger partial charge in [-0.3, -0.25) is 0 Å². The van der Waals surface area contributed by atoms with Crippen LogP contribution < -0.4 is 0 Å². The monoisotopic (exact) mass is 406 g/mol. The molecule has 23 heavy (non-hydrogen) atoms. The van der Waals surface area contributed by atoms with Crippen LogP contribution in [-0.2, 0) is 30.7 Å². The Labute approximate surface area is 153 Å². The molecule has 0 spiro atoms. The van der Waals surface area contributed by atoms with Crippen molar-refractivity contribution >= 4 is 43.4 Å². The normalized spacial score (nSPS) is 15.7. The molecule has 0 rings (SSSR count). The highest BCUT2D eigenvalue weighted by atomic mass is 32.1. The summed E-state index contributed by atoms with van der Waals surface area (Å²) in [6.45, 7) is 4.65. The van der Waals surface area contributed by atoms with Crippen LogP contribution >= 0.6 is 25.3 Å². The van der Waals surface area contributed by atoms with Crippen LogP contribution in [0.5, 0.6) is 0 Å². The molecule has 0 amide bonds. The van der Waals surface area contributed by atoms with Crippen LogP contribution in [0, 0.1) is 0 Å². The van der Waals surface area contributed by atoms with E-state index in [0.29, 0.717) is 13.2 Å². The number of thiol groups is 2. The summed E-state index contributed by atoms with van der Waals surface area (Å²) in [6.07, 6.45) is 1.68. The smallest absolute Gasteiger partial charge is 0.355 e. The second-order valence-corrected chi connectivity index (χ2v) is 11.2. The first kappa shape index (κ1) is 23.9. The van der Waals surface area contributed by atoms with Crippen LogP contribution in [0.25, 0.3) is 0 Å². The van der Waals surface area contributed by atoms with Crippen molar-refractivity contribution in [1.29, 1.82) is 0 Å². The summed E-state index contributed by atoms with van der Waals surface area (Å²) < 4.78 is 38.9. The lowest BCUT2D eigenvalue weighted by Crippen LogP contribution is -2.61. The van der Waals surface area contributed by atoms with Crippen molar-refractivity contribution in [1.82, 2.24) is 0 Å². The number of rotatable bonds is 14. The van der Waals surface area contributed by atoms with Crippen LogP contribution in [-0.4, -0.2) is 70.2 Å². The Balaban J connectivity index is 5.05. The lowest BCUT2D eigenvalue weighted by molar-refractivity contribution is -0.0408. The lowest BCUT2D eigenvalue weighted by atomic mass is 10.3. The molecule has 2 unspecified atom stereocenters. The standard InChI is InChI=1S/C12H30O7S2Si2/c1-7-11(20)9-17-22(13-3,14-4)19-23(15-5,16-6)18-10-12(21)8-2/h11-12,20-21H,7-10H2,1-6H3. The Kier molecular flexibility index (Phi) is 12.7. The Hall–Kier alpha value is 0.854. The molecule has 0 bridgehead atoms. The van der Waals surface area contributed by atoms with Gasteiger partial charge >= 0.3 is 18.1 Å². The molecule has 0 fully saturated rings. The van der Waals surface area contributed by atoms with Gasteiger partial charge in [-0.25, -0.2) is 0 Å². The third-order valence-electron chi connectivity index (χ3n) is 3.10. The van der Waals surface area contributed by atoms with Crippen LogP contribution in [0.4, 0.5) is 0 Å². The molecular formula is C12H30O7S2Si2. The summed E-state index contributed by atoms with van der Waals surface area (Å²) in [5.74, 6) is 0. The molecule has 0 saturated heterocycles. The molecule has 0 aromatic rings. The van der Waals surface area contributed by atoms with Crippen molar-refractivity contribution in [3.8, 4) is 0 Å². The average molecular weight is 407 g/mol. The third-order valence-corrected chi connectivity index (χ3v) is 9.17. The highest BCUT2D eigenvalue weighted by Crippen LogP contribution is 2.21. The highest BCUT2D eigenvalue weighted by Gasteiger charge is 2.58. The van der Waals surface area contributed by atoms with Crippen molar-refractivity contribution in [3.05, 3.63) is 0 Å². The minimum absolute atomic E-state index is 0.0414. The van der Waals surface area contributed by atoms with Gasteiger partial charge in [0.05, 0.1) is 13.2 Å². The van der Waals surface area contributed by atoms with Gasteiger partial charge in [0, 0.05) is 38.9 Å². The molecule has 0 radical (unpaired) electrons. The van der Waals surface area contributed by atoms with Gasteiger partial charge in [-0.1, -0.05) is 13.8 Å². The molecule has 0 aliphatic rings. The summed E-state index contributed by atoms with van der Waals surface area (Å²) in [5, 5.41) is 0.0829. The number of hydrogen-bond acceptors (Lipinski definition) is 9. The van der Waals surface area contributed by atoms with Crippen LogP contribution in [0.15, 0.2) is 0 Å². The van der Waals surface area contributed by atoms with Gasteiger partial charge in [0.2, 0.25) is 0 Å². The Morgan fingerprint density at radius 3 is 1.22 bits per heavy atom. The maximum atomic E-state index is 5.89. The van der Waals surface area contributed by atoms with Crippen LogP contribution in [0.2, 0.25) is 0 Å². The SMILES string of the molecule is CCC(S)CO[Si](OC)(OC)O[Si](OC)(OC)OCC(S)CC. The summed E-state index contributed by atoms with van der Waals surface area (Å²) in [7, 11) is -1.13.